The highest BCUT2D eigenvalue weighted by Gasteiger charge is 2.18. The van der Waals surface area contributed by atoms with Crippen molar-refractivity contribution in [3.63, 3.8) is 0 Å². The van der Waals surface area contributed by atoms with Crippen LogP contribution < -0.4 is 25.2 Å². The van der Waals surface area contributed by atoms with E-state index >= 15 is 0 Å². The van der Waals surface area contributed by atoms with Crippen LogP contribution >= 0.6 is 0 Å². The van der Waals surface area contributed by atoms with Crippen molar-refractivity contribution in [3.8, 4) is 17.2 Å². The molecule has 1 unspecified atom stereocenters. The van der Waals surface area contributed by atoms with Crippen LogP contribution in [0.5, 0.6) is 17.2 Å². The number of aliphatic hydroxyl groups excluding tert-OH is 1. The summed E-state index contributed by atoms with van der Waals surface area (Å²) < 4.78 is 18.9. The minimum atomic E-state index is -0.903. The SMILES string of the molecule is O=C(Cn1nc2n(c1=O)CCCCC2)NCC(O)COc1ccc2c(c1)OCO2. The maximum absolute atomic E-state index is 12.4. The molecule has 1 amide bonds. The molecule has 2 N–H and O–H groups in total. The second-order valence-corrected chi connectivity index (χ2v) is 7.10. The van der Waals surface area contributed by atoms with Crippen molar-refractivity contribution in [1.82, 2.24) is 19.7 Å². The van der Waals surface area contributed by atoms with E-state index in [2.05, 4.69) is 10.4 Å². The van der Waals surface area contributed by atoms with Gasteiger partial charge in [0, 0.05) is 25.6 Å². The van der Waals surface area contributed by atoms with E-state index < -0.39 is 6.10 Å². The van der Waals surface area contributed by atoms with Crippen LogP contribution in [0.1, 0.15) is 25.1 Å². The number of nitrogens with one attached hydrogen (secondary N) is 1. The van der Waals surface area contributed by atoms with Gasteiger partial charge in [-0.3, -0.25) is 9.36 Å². The van der Waals surface area contributed by atoms with Crippen molar-refractivity contribution in [1.29, 1.82) is 0 Å². The maximum Gasteiger partial charge on any atom is 0.346 e. The van der Waals surface area contributed by atoms with Crippen molar-refractivity contribution < 1.29 is 24.1 Å². The molecule has 0 bridgehead atoms. The number of carbonyl (C=O) groups is 1. The quantitative estimate of drug-likeness (QED) is 0.670. The zero-order valence-electron chi connectivity index (χ0n) is 16.0. The molecule has 29 heavy (non-hydrogen) atoms. The average Bonchev–Trinajstić information content (AvgIpc) is 3.21. The van der Waals surface area contributed by atoms with E-state index in [1.807, 2.05) is 0 Å². The molecular formula is C19H24N4O6. The molecule has 4 rings (SSSR count). The van der Waals surface area contributed by atoms with Gasteiger partial charge in [-0.25, -0.2) is 9.48 Å². The third-order valence-corrected chi connectivity index (χ3v) is 4.90. The van der Waals surface area contributed by atoms with E-state index in [0.717, 1.165) is 31.5 Å². The van der Waals surface area contributed by atoms with Crippen molar-refractivity contribution in [3.05, 3.63) is 34.5 Å². The number of ether oxygens (including phenoxy) is 3. The predicted octanol–water partition coefficient (Wildman–Crippen LogP) is 0.0560. The number of amides is 1. The summed E-state index contributed by atoms with van der Waals surface area (Å²) in [6.07, 6.45) is 2.87. The minimum absolute atomic E-state index is 0.00134. The highest BCUT2D eigenvalue weighted by molar-refractivity contribution is 5.75. The monoisotopic (exact) mass is 404 g/mol. The summed E-state index contributed by atoms with van der Waals surface area (Å²) in [5.74, 6) is 2.12. The molecule has 0 fully saturated rings. The molecular weight excluding hydrogens is 380 g/mol. The number of hydrogen-bond donors (Lipinski definition) is 2. The molecule has 0 radical (unpaired) electrons. The van der Waals surface area contributed by atoms with Gasteiger partial charge in [0.15, 0.2) is 11.5 Å². The summed E-state index contributed by atoms with van der Waals surface area (Å²) >= 11 is 0. The first-order valence-electron chi connectivity index (χ1n) is 9.74. The van der Waals surface area contributed by atoms with E-state index in [-0.39, 0.29) is 38.1 Å². The molecule has 0 saturated carbocycles. The largest absolute Gasteiger partial charge is 0.491 e. The van der Waals surface area contributed by atoms with Gasteiger partial charge in [-0.2, -0.15) is 5.10 Å². The molecule has 0 aliphatic carbocycles. The normalized spacial score (nSPS) is 16.0. The summed E-state index contributed by atoms with van der Waals surface area (Å²) in [5.41, 5.74) is -0.260. The molecule has 2 aliphatic rings. The molecule has 1 aromatic heterocycles. The molecule has 3 heterocycles. The molecule has 156 valence electrons. The maximum atomic E-state index is 12.4. The van der Waals surface area contributed by atoms with E-state index in [1.165, 1.54) is 4.68 Å². The Labute approximate surface area is 167 Å². The van der Waals surface area contributed by atoms with Crippen molar-refractivity contribution >= 4 is 5.91 Å². The Morgan fingerprint density at radius 3 is 3.03 bits per heavy atom. The topological polar surface area (TPSA) is 117 Å². The number of nitrogens with zero attached hydrogens (tertiary/aromatic N) is 3. The lowest BCUT2D eigenvalue weighted by molar-refractivity contribution is -0.122. The first kappa shape index (κ1) is 19.3. The van der Waals surface area contributed by atoms with Gasteiger partial charge >= 0.3 is 5.69 Å². The number of fused-ring (bicyclic) bond motifs is 2. The molecule has 0 saturated heterocycles. The smallest absolute Gasteiger partial charge is 0.346 e. The summed E-state index contributed by atoms with van der Waals surface area (Å²) in [7, 11) is 0. The number of benzene rings is 1. The van der Waals surface area contributed by atoms with E-state index in [9.17, 15) is 14.7 Å². The predicted molar refractivity (Wildman–Crippen MR) is 101 cm³/mol. The molecule has 1 aromatic carbocycles. The van der Waals surface area contributed by atoms with E-state index in [1.54, 1.807) is 22.8 Å². The Hall–Kier alpha value is -3.01. The van der Waals surface area contributed by atoms with Gasteiger partial charge < -0.3 is 24.6 Å². The summed E-state index contributed by atoms with van der Waals surface area (Å²) in [6.45, 7) is 0.654. The van der Waals surface area contributed by atoms with Crippen LogP contribution in [0.25, 0.3) is 0 Å². The number of rotatable bonds is 7. The molecule has 0 spiro atoms. The van der Waals surface area contributed by atoms with Crippen LogP contribution in [0.4, 0.5) is 0 Å². The van der Waals surface area contributed by atoms with E-state index in [4.69, 9.17) is 14.2 Å². The molecule has 2 aliphatic heterocycles. The number of carbonyl (C=O) groups excluding carboxylic acids is 1. The van der Waals surface area contributed by atoms with Crippen LogP contribution in [0, 0.1) is 0 Å². The Kier molecular flexibility index (Phi) is 5.70. The van der Waals surface area contributed by atoms with Crippen LogP contribution in [-0.4, -0.2) is 51.4 Å². The summed E-state index contributed by atoms with van der Waals surface area (Å²) in [4.78, 5) is 24.5. The lowest BCUT2D eigenvalue weighted by Gasteiger charge is -2.13. The van der Waals surface area contributed by atoms with Gasteiger partial charge in [-0.15, -0.1) is 0 Å². The van der Waals surface area contributed by atoms with Crippen LogP contribution in [-0.2, 0) is 24.3 Å². The first-order valence-corrected chi connectivity index (χ1v) is 9.74. The third kappa shape index (κ3) is 4.53. The Morgan fingerprint density at radius 1 is 1.28 bits per heavy atom. The lowest BCUT2D eigenvalue weighted by atomic mass is 10.2. The van der Waals surface area contributed by atoms with Gasteiger partial charge in [-0.05, 0) is 25.0 Å². The molecule has 10 heteroatoms. The lowest BCUT2D eigenvalue weighted by Crippen LogP contribution is -2.39. The highest BCUT2D eigenvalue weighted by atomic mass is 16.7. The van der Waals surface area contributed by atoms with Gasteiger partial charge in [0.1, 0.15) is 30.8 Å². The van der Waals surface area contributed by atoms with Crippen molar-refractivity contribution in [2.75, 3.05) is 19.9 Å². The van der Waals surface area contributed by atoms with Gasteiger partial charge in [-0.1, -0.05) is 6.42 Å². The second-order valence-electron chi connectivity index (χ2n) is 7.10. The first-order chi connectivity index (χ1) is 14.1. The third-order valence-electron chi connectivity index (χ3n) is 4.90. The Morgan fingerprint density at radius 2 is 2.14 bits per heavy atom. The molecule has 2 aromatic rings. The number of aromatic nitrogens is 3. The zero-order valence-corrected chi connectivity index (χ0v) is 16.0. The minimum Gasteiger partial charge on any atom is -0.491 e. The fraction of sp³-hybridized carbons (Fsp3) is 0.526. The molecule has 10 nitrogen and oxygen atoms in total. The van der Waals surface area contributed by atoms with Gasteiger partial charge in [0.25, 0.3) is 0 Å². The van der Waals surface area contributed by atoms with Gasteiger partial charge in [0.05, 0.1) is 0 Å². The number of aryl methyl sites for hydroxylation is 1. The Bertz CT molecular complexity index is 937. The van der Waals surface area contributed by atoms with E-state index in [0.29, 0.717) is 23.8 Å². The number of aliphatic hydroxyl groups is 1. The second kappa shape index (κ2) is 8.56. The van der Waals surface area contributed by atoms with Crippen LogP contribution in [0.3, 0.4) is 0 Å². The van der Waals surface area contributed by atoms with Crippen LogP contribution in [0.2, 0.25) is 0 Å². The van der Waals surface area contributed by atoms with Crippen LogP contribution in [0.15, 0.2) is 23.0 Å². The summed E-state index contributed by atoms with van der Waals surface area (Å²) in [5, 5.41) is 16.9. The Balaban J connectivity index is 1.24. The fourth-order valence-corrected chi connectivity index (χ4v) is 3.37. The highest BCUT2D eigenvalue weighted by Crippen LogP contribution is 2.35. The summed E-state index contributed by atoms with van der Waals surface area (Å²) in [6, 6.07) is 5.13. The van der Waals surface area contributed by atoms with Crippen molar-refractivity contribution in [2.24, 2.45) is 0 Å². The van der Waals surface area contributed by atoms with Gasteiger partial charge in [0.2, 0.25) is 12.7 Å². The molecule has 1 atom stereocenters. The fourth-order valence-electron chi connectivity index (χ4n) is 3.37. The standard InChI is InChI=1S/C19H24N4O6/c24-13(11-27-14-5-6-15-16(8-14)29-12-28-15)9-20-18(25)10-23-19(26)22-7-3-1-2-4-17(22)21-23/h5-6,8,13,24H,1-4,7,9-12H2,(H,20,25). The average molecular weight is 404 g/mol. The number of hydrogen-bond acceptors (Lipinski definition) is 7. The zero-order chi connectivity index (χ0) is 20.2. The van der Waals surface area contributed by atoms with Crippen molar-refractivity contribution in [2.45, 2.75) is 44.9 Å².